The van der Waals surface area contributed by atoms with E-state index < -0.39 is 5.97 Å². The number of methoxy groups -OCH3 is 1. The molecule has 8 heteroatoms. The number of rotatable bonds is 7. The van der Waals surface area contributed by atoms with E-state index in [1.54, 1.807) is 43.5 Å². The number of aromatic carboxylic acids is 1. The first-order chi connectivity index (χ1) is 18.3. The van der Waals surface area contributed by atoms with Gasteiger partial charge in [0.15, 0.2) is 0 Å². The van der Waals surface area contributed by atoms with Crippen molar-refractivity contribution in [3.63, 3.8) is 0 Å². The van der Waals surface area contributed by atoms with Crippen LogP contribution in [0.2, 0.25) is 10.0 Å². The number of aromatic nitrogens is 2. The number of imidazole rings is 1. The topological polar surface area (TPSA) is 90.4 Å². The lowest BCUT2D eigenvalue weighted by molar-refractivity contribution is 0.0697. The highest BCUT2D eigenvalue weighted by Gasteiger charge is 2.18. The zero-order valence-electron chi connectivity index (χ0n) is 20.4. The van der Waals surface area contributed by atoms with E-state index in [0.29, 0.717) is 39.5 Å². The zero-order valence-corrected chi connectivity index (χ0v) is 21.9. The minimum absolute atomic E-state index is 0.230. The quantitative estimate of drug-likeness (QED) is 0.207. The summed E-state index contributed by atoms with van der Waals surface area (Å²) < 4.78 is 7.80. The van der Waals surface area contributed by atoms with Crippen molar-refractivity contribution in [1.82, 2.24) is 9.55 Å². The third kappa shape index (κ3) is 5.23. The van der Waals surface area contributed by atoms with Gasteiger partial charge in [-0.05, 0) is 71.3 Å². The predicted octanol–water partition coefficient (Wildman–Crippen LogP) is 7.53. The molecule has 1 aromatic heterocycles. The molecule has 0 amide bonds. The van der Waals surface area contributed by atoms with E-state index in [1.807, 2.05) is 59.3 Å². The highest BCUT2D eigenvalue weighted by Crippen LogP contribution is 2.37. The summed E-state index contributed by atoms with van der Waals surface area (Å²) in [6, 6.07) is 25.7. The fourth-order valence-electron chi connectivity index (χ4n) is 4.26. The maximum Gasteiger partial charge on any atom is 0.335 e. The smallest absolute Gasteiger partial charge is 0.335 e. The lowest BCUT2D eigenvalue weighted by atomic mass is 10.0. The molecule has 5 aromatic rings. The molecule has 6 nitrogen and oxygen atoms in total. The number of hydrogen-bond donors (Lipinski definition) is 2. The van der Waals surface area contributed by atoms with Crippen molar-refractivity contribution < 1.29 is 14.6 Å². The van der Waals surface area contributed by atoms with Crippen LogP contribution in [0.15, 0.2) is 91.1 Å². The summed E-state index contributed by atoms with van der Waals surface area (Å²) in [5.74, 6) is 0.362. The van der Waals surface area contributed by atoms with Crippen molar-refractivity contribution >= 4 is 34.9 Å². The molecule has 0 bridgehead atoms. The van der Waals surface area contributed by atoms with Crippen LogP contribution in [0.5, 0.6) is 5.75 Å². The Morgan fingerprint density at radius 1 is 0.921 bits per heavy atom. The van der Waals surface area contributed by atoms with Crippen LogP contribution in [0, 0.1) is 0 Å². The van der Waals surface area contributed by atoms with Crippen LogP contribution >= 0.6 is 23.2 Å². The minimum Gasteiger partial charge on any atom is -0.496 e. The fraction of sp³-hybridized carbons (Fsp3) is 0.0667. The van der Waals surface area contributed by atoms with Crippen LogP contribution in [-0.4, -0.2) is 27.7 Å². The lowest BCUT2D eigenvalue weighted by Gasteiger charge is -2.13. The van der Waals surface area contributed by atoms with E-state index in [4.69, 9.17) is 38.7 Å². The highest BCUT2D eigenvalue weighted by atomic mass is 35.5. The van der Waals surface area contributed by atoms with E-state index >= 15 is 0 Å². The van der Waals surface area contributed by atoms with Gasteiger partial charge in [-0.25, -0.2) is 9.78 Å². The first kappa shape index (κ1) is 25.4. The van der Waals surface area contributed by atoms with Crippen LogP contribution in [0.1, 0.15) is 15.9 Å². The molecular weight excluding hydrogens is 521 g/mol. The number of anilines is 1. The molecular formula is C30H23Cl2N3O3. The second-order valence-corrected chi connectivity index (χ2v) is 9.58. The lowest BCUT2D eigenvalue weighted by Crippen LogP contribution is -2.03. The van der Waals surface area contributed by atoms with Crippen molar-refractivity contribution in [2.45, 2.75) is 6.54 Å². The number of nitrogens with two attached hydrogens (primary N) is 1. The van der Waals surface area contributed by atoms with E-state index in [0.717, 1.165) is 27.8 Å². The van der Waals surface area contributed by atoms with Crippen molar-refractivity contribution in [2.24, 2.45) is 0 Å². The Bertz CT molecular complexity index is 1630. The number of ether oxygens (including phenoxy) is 1. The van der Waals surface area contributed by atoms with Gasteiger partial charge in [0.25, 0.3) is 0 Å². The normalized spacial score (nSPS) is 10.9. The van der Waals surface area contributed by atoms with Crippen molar-refractivity contribution in [3.8, 4) is 39.5 Å². The summed E-state index contributed by atoms with van der Waals surface area (Å²) in [5.41, 5.74) is 11.9. The molecule has 4 aromatic carbocycles. The van der Waals surface area contributed by atoms with Gasteiger partial charge in [-0.1, -0.05) is 53.5 Å². The molecule has 0 spiro atoms. The first-order valence-electron chi connectivity index (χ1n) is 11.7. The molecule has 0 aliphatic heterocycles. The van der Waals surface area contributed by atoms with Crippen molar-refractivity contribution in [3.05, 3.63) is 112 Å². The van der Waals surface area contributed by atoms with Gasteiger partial charge >= 0.3 is 5.97 Å². The summed E-state index contributed by atoms with van der Waals surface area (Å²) in [6.07, 6.45) is 1.92. The van der Waals surface area contributed by atoms with E-state index in [1.165, 1.54) is 0 Å². The molecule has 38 heavy (non-hydrogen) atoms. The number of hydrogen-bond acceptors (Lipinski definition) is 4. The molecule has 5 rings (SSSR count). The Hall–Kier alpha value is -4.26. The maximum atomic E-state index is 11.3. The number of nitrogen functional groups attached to an aromatic ring is 1. The summed E-state index contributed by atoms with van der Waals surface area (Å²) >= 11 is 12.6. The van der Waals surface area contributed by atoms with Gasteiger partial charge in [-0.3, -0.25) is 0 Å². The summed E-state index contributed by atoms with van der Waals surface area (Å²) in [5, 5.41) is 10.3. The summed E-state index contributed by atoms with van der Waals surface area (Å²) in [6.45, 7) is 0.455. The zero-order chi connectivity index (χ0) is 26.8. The Morgan fingerprint density at radius 3 is 2.26 bits per heavy atom. The number of carbonyl (C=O) groups is 1. The monoisotopic (exact) mass is 543 g/mol. The molecule has 3 N–H and O–H groups in total. The number of benzene rings is 4. The van der Waals surface area contributed by atoms with Crippen LogP contribution in [0.25, 0.3) is 33.8 Å². The van der Waals surface area contributed by atoms with Gasteiger partial charge in [0.2, 0.25) is 0 Å². The number of carboxylic acid groups (broad SMARTS) is 1. The molecule has 0 saturated heterocycles. The Labute approximate surface area is 229 Å². The Kier molecular flexibility index (Phi) is 7.09. The molecule has 0 atom stereocenters. The van der Waals surface area contributed by atoms with E-state index in [-0.39, 0.29) is 5.56 Å². The summed E-state index contributed by atoms with van der Waals surface area (Å²) in [7, 11) is 1.63. The number of nitrogens with zero attached hydrogens (tertiary/aromatic N) is 2. The Balaban J connectivity index is 1.61. The van der Waals surface area contributed by atoms with E-state index in [9.17, 15) is 9.90 Å². The average Bonchev–Trinajstić information content (AvgIpc) is 3.32. The standard InChI is InChI=1S/C30H23Cl2N3O3/c1-38-28-14-21(19-6-10-23(33)11-7-19)8-12-25(28)29-34-27(24-13-9-22(31)15-26(24)32)17-35(29)16-18-2-4-20(5-3-18)30(36)37/h2-15,17H,16,33H2,1H3,(H,36,37). The van der Waals surface area contributed by atoms with Gasteiger partial charge in [-0.15, -0.1) is 0 Å². The second-order valence-electron chi connectivity index (χ2n) is 8.74. The second kappa shape index (κ2) is 10.6. The van der Waals surface area contributed by atoms with Crippen LogP contribution in [-0.2, 0) is 6.54 Å². The SMILES string of the molecule is COc1cc(-c2ccc(N)cc2)ccc1-c1nc(-c2ccc(Cl)cc2Cl)cn1Cc1ccc(C(=O)O)cc1. The van der Waals surface area contributed by atoms with Crippen LogP contribution < -0.4 is 10.5 Å². The van der Waals surface area contributed by atoms with Crippen LogP contribution in [0.4, 0.5) is 5.69 Å². The molecule has 0 unspecified atom stereocenters. The third-order valence-electron chi connectivity index (χ3n) is 6.22. The van der Waals surface area contributed by atoms with Crippen LogP contribution in [0.3, 0.4) is 0 Å². The van der Waals surface area contributed by atoms with Gasteiger partial charge in [0.05, 0.1) is 29.0 Å². The van der Waals surface area contributed by atoms with Gasteiger partial charge in [0, 0.05) is 29.0 Å². The van der Waals surface area contributed by atoms with Crippen molar-refractivity contribution in [1.29, 1.82) is 0 Å². The highest BCUT2D eigenvalue weighted by molar-refractivity contribution is 6.36. The first-order valence-corrected chi connectivity index (χ1v) is 12.5. The predicted molar refractivity (Wildman–Crippen MR) is 152 cm³/mol. The van der Waals surface area contributed by atoms with E-state index in [2.05, 4.69) is 0 Å². The van der Waals surface area contributed by atoms with Crippen molar-refractivity contribution in [2.75, 3.05) is 12.8 Å². The third-order valence-corrected chi connectivity index (χ3v) is 6.77. The molecule has 0 saturated carbocycles. The fourth-order valence-corrected chi connectivity index (χ4v) is 4.76. The van der Waals surface area contributed by atoms with Gasteiger partial charge in [-0.2, -0.15) is 0 Å². The van der Waals surface area contributed by atoms with Gasteiger partial charge in [0.1, 0.15) is 11.6 Å². The molecule has 190 valence electrons. The molecule has 1 heterocycles. The summed E-state index contributed by atoms with van der Waals surface area (Å²) in [4.78, 5) is 16.2. The van der Waals surface area contributed by atoms with Gasteiger partial charge < -0.3 is 20.1 Å². The number of halogens is 2. The molecule has 0 aliphatic carbocycles. The molecule has 0 radical (unpaired) electrons. The largest absolute Gasteiger partial charge is 0.496 e. The molecule has 0 fully saturated rings. The average molecular weight is 544 g/mol. The number of carboxylic acids is 1. The Morgan fingerprint density at radius 2 is 1.61 bits per heavy atom. The maximum absolute atomic E-state index is 11.3. The minimum atomic E-state index is -0.967. The molecule has 0 aliphatic rings.